The Kier molecular flexibility index (Phi) is 5.49. The van der Waals surface area contributed by atoms with E-state index in [4.69, 9.17) is 18.9 Å². The highest BCUT2D eigenvalue weighted by atomic mass is 16.7. The van der Waals surface area contributed by atoms with Gasteiger partial charge in [-0.3, -0.25) is 4.79 Å². The summed E-state index contributed by atoms with van der Waals surface area (Å²) >= 11 is 0. The number of esters is 1. The number of aryl methyl sites for hydroxylation is 2. The van der Waals surface area contributed by atoms with Crippen LogP contribution in [0.2, 0.25) is 0 Å². The summed E-state index contributed by atoms with van der Waals surface area (Å²) in [6, 6.07) is 10.7. The number of anilines is 1. The van der Waals surface area contributed by atoms with Gasteiger partial charge in [0.15, 0.2) is 24.2 Å². The number of nitrogens with one attached hydrogen (secondary N) is 1. The number of amides is 1. The molecule has 27 heavy (non-hydrogen) atoms. The lowest BCUT2D eigenvalue weighted by molar-refractivity contribution is -0.155. The van der Waals surface area contributed by atoms with Gasteiger partial charge in [0.1, 0.15) is 5.75 Å². The fraction of sp³-hybridized carbons (Fsp3) is 0.300. The summed E-state index contributed by atoms with van der Waals surface area (Å²) in [6.45, 7) is 5.27. The number of rotatable bonds is 6. The second-order valence-electron chi connectivity index (χ2n) is 6.30. The van der Waals surface area contributed by atoms with Gasteiger partial charge < -0.3 is 24.3 Å². The van der Waals surface area contributed by atoms with Crippen molar-refractivity contribution >= 4 is 17.6 Å². The van der Waals surface area contributed by atoms with Gasteiger partial charge in [-0.25, -0.2) is 4.79 Å². The Morgan fingerprint density at radius 2 is 1.78 bits per heavy atom. The summed E-state index contributed by atoms with van der Waals surface area (Å²) < 4.78 is 21.0. The quantitative estimate of drug-likeness (QED) is 0.786. The van der Waals surface area contributed by atoms with Crippen molar-refractivity contribution in [3.05, 3.63) is 47.5 Å². The summed E-state index contributed by atoms with van der Waals surface area (Å²) in [4.78, 5) is 24.2. The number of ether oxygens (including phenoxy) is 4. The van der Waals surface area contributed by atoms with E-state index < -0.39 is 18.0 Å². The number of benzene rings is 2. The Balaban J connectivity index is 1.49. The van der Waals surface area contributed by atoms with E-state index in [0.717, 1.165) is 11.1 Å². The second-order valence-corrected chi connectivity index (χ2v) is 6.30. The molecule has 3 rings (SSSR count). The maximum Gasteiger partial charge on any atom is 0.344 e. The summed E-state index contributed by atoms with van der Waals surface area (Å²) in [5.74, 6) is 0.688. The predicted molar refractivity (Wildman–Crippen MR) is 98.2 cm³/mol. The first-order chi connectivity index (χ1) is 12.9. The summed E-state index contributed by atoms with van der Waals surface area (Å²) in [6.07, 6.45) is -0.967. The van der Waals surface area contributed by atoms with E-state index in [9.17, 15) is 9.59 Å². The van der Waals surface area contributed by atoms with Gasteiger partial charge in [0, 0.05) is 11.8 Å². The van der Waals surface area contributed by atoms with Crippen molar-refractivity contribution in [1.82, 2.24) is 0 Å². The van der Waals surface area contributed by atoms with Crippen LogP contribution in [0.1, 0.15) is 18.1 Å². The third-order valence-corrected chi connectivity index (χ3v) is 3.87. The number of fused-ring (bicyclic) bond motifs is 1. The van der Waals surface area contributed by atoms with Crippen LogP contribution in [0.4, 0.5) is 5.69 Å². The maximum atomic E-state index is 12.2. The molecular weight excluding hydrogens is 350 g/mol. The van der Waals surface area contributed by atoms with Crippen LogP contribution in [-0.4, -0.2) is 31.4 Å². The smallest absolute Gasteiger partial charge is 0.344 e. The van der Waals surface area contributed by atoms with Crippen LogP contribution >= 0.6 is 0 Å². The Hall–Kier alpha value is -3.22. The summed E-state index contributed by atoms with van der Waals surface area (Å²) in [5.41, 5.74) is 2.60. The molecular formula is C20H21NO6. The molecule has 1 heterocycles. The molecule has 2 aromatic rings. The maximum absolute atomic E-state index is 12.2. The molecule has 0 saturated heterocycles. The average molecular weight is 371 g/mol. The second kappa shape index (κ2) is 7.99. The third-order valence-electron chi connectivity index (χ3n) is 3.87. The minimum absolute atomic E-state index is 0.154. The molecule has 0 fully saturated rings. The number of carbonyl (C=O) groups is 2. The highest BCUT2D eigenvalue weighted by Gasteiger charge is 2.20. The molecule has 2 aromatic carbocycles. The molecule has 7 heteroatoms. The number of hydrogen-bond acceptors (Lipinski definition) is 6. The van der Waals surface area contributed by atoms with E-state index in [1.54, 1.807) is 18.2 Å². The van der Waals surface area contributed by atoms with E-state index in [2.05, 4.69) is 5.32 Å². The van der Waals surface area contributed by atoms with Crippen LogP contribution in [0.5, 0.6) is 17.2 Å². The van der Waals surface area contributed by atoms with Crippen LogP contribution in [0.25, 0.3) is 0 Å². The molecule has 1 N–H and O–H groups in total. The zero-order valence-electron chi connectivity index (χ0n) is 15.4. The van der Waals surface area contributed by atoms with Gasteiger partial charge in [0.25, 0.3) is 5.91 Å². The van der Waals surface area contributed by atoms with Crippen molar-refractivity contribution in [2.75, 3.05) is 18.7 Å². The minimum Gasteiger partial charge on any atom is -0.482 e. The van der Waals surface area contributed by atoms with Gasteiger partial charge in [-0.15, -0.1) is 0 Å². The average Bonchev–Trinajstić information content (AvgIpc) is 3.07. The highest BCUT2D eigenvalue weighted by molar-refractivity contribution is 5.95. The first kappa shape index (κ1) is 18.6. The Morgan fingerprint density at radius 1 is 1.07 bits per heavy atom. The van der Waals surface area contributed by atoms with Crippen molar-refractivity contribution < 1.29 is 28.5 Å². The van der Waals surface area contributed by atoms with Gasteiger partial charge in [0.2, 0.25) is 6.79 Å². The molecule has 142 valence electrons. The molecule has 1 aliphatic heterocycles. The third kappa shape index (κ3) is 4.91. The Bertz CT molecular complexity index is 843. The summed E-state index contributed by atoms with van der Waals surface area (Å²) in [5, 5.41) is 2.67. The minimum atomic E-state index is -0.967. The first-order valence-electron chi connectivity index (χ1n) is 8.52. The molecule has 0 spiro atoms. The molecule has 0 unspecified atom stereocenters. The van der Waals surface area contributed by atoms with Crippen molar-refractivity contribution in [2.24, 2.45) is 0 Å². The number of carbonyl (C=O) groups excluding carboxylic acids is 2. The van der Waals surface area contributed by atoms with Gasteiger partial charge >= 0.3 is 5.97 Å². The van der Waals surface area contributed by atoms with E-state index in [1.165, 1.54) is 6.92 Å². The lowest BCUT2D eigenvalue weighted by Gasteiger charge is -2.14. The van der Waals surface area contributed by atoms with Crippen LogP contribution in [0.15, 0.2) is 36.4 Å². The largest absolute Gasteiger partial charge is 0.482 e. The van der Waals surface area contributed by atoms with E-state index in [1.807, 2.05) is 32.0 Å². The molecule has 1 aliphatic rings. The highest BCUT2D eigenvalue weighted by Crippen LogP contribution is 2.34. The Morgan fingerprint density at radius 3 is 2.52 bits per heavy atom. The molecule has 1 amide bonds. The van der Waals surface area contributed by atoms with Crippen LogP contribution in [-0.2, 0) is 14.3 Å². The van der Waals surface area contributed by atoms with Gasteiger partial charge in [-0.2, -0.15) is 0 Å². The zero-order valence-corrected chi connectivity index (χ0v) is 15.4. The zero-order chi connectivity index (χ0) is 19.4. The van der Waals surface area contributed by atoms with Crippen molar-refractivity contribution in [3.63, 3.8) is 0 Å². The van der Waals surface area contributed by atoms with Gasteiger partial charge in [-0.05, 0) is 56.2 Å². The Labute approximate surface area is 157 Å². The van der Waals surface area contributed by atoms with Crippen molar-refractivity contribution in [1.29, 1.82) is 0 Å². The fourth-order valence-electron chi connectivity index (χ4n) is 2.66. The fourth-order valence-corrected chi connectivity index (χ4v) is 2.66. The predicted octanol–water partition coefficient (Wildman–Crippen LogP) is 2.98. The number of hydrogen-bond donors (Lipinski definition) is 1. The SMILES string of the molecule is Cc1cc(C)cc(OCC(=O)O[C@H](C)C(=O)Nc2ccc3c(c2)OCO3)c1. The molecule has 0 saturated carbocycles. The lowest BCUT2D eigenvalue weighted by atomic mass is 10.1. The van der Waals surface area contributed by atoms with E-state index in [-0.39, 0.29) is 13.4 Å². The lowest BCUT2D eigenvalue weighted by Crippen LogP contribution is -2.31. The molecule has 7 nitrogen and oxygen atoms in total. The molecule has 0 aliphatic carbocycles. The normalized spacial score (nSPS) is 13.0. The standard InChI is InChI=1S/C20H21NO6/c1-12-6-13(2)8-16(7-12)24-10-19(22)27-14(3)20(23)21-15-4-5-17-18(9-15)26-11-25-17/h4-9,14H,10-11H2,1-3H3,(H,21,23)/t14-/m1/s1. The van der Waals surface area contributed by atoms with Gasteiger partial charge in [0.05, 0.1) is 0 Å². The topological polar surface area (TPSA) is 83.1 Å². The van der Waals surface area contributed by atoms with Crippen molar-refractivity contribution in [2.45, 2.75) is 26.9 Å². The van der Waals surface area contributed by atoms with E-state index >= 15 is 0 Å². The van der Waals surface area contributed by atoms with Crippen LogP contribution in [0, 0.1) is 13.8 Å². The van der Waals surface area contributed by atoms with Crippen LogP contribution in [0.3, 0.4) is 0 Å². The monoisotopic (exact) mass is 371 g/mol. The van der Waals surface area contributed by atoms with E-state index in [0.29, 0.717) is 22.9 Å². The molecule has 0 radical (unpaired) electrons. The summed E-state index contributed by atoms with van der Waals surface area (Å²) in [7, 11) is 0. The van der Waals surface area contributed by atoms with Crippen molar-refractivity contribution in [3.8, 4) is 17.2 Å². The molecule has 0 bridgehead atoms. The first-order valence-corrected chi connectivity index (χ1v) is 8.52. The van der Waals surface area contributed by atoms with Gasteiger partial charge in [-0.1, -0.05) is 6.07 Å². The molecule has 0 aromatic heterocycles. The van der Waals surface area contributed by atoms with Crippen LogP contribution < -0.4 is 19.5 Å². The molecule has 1 atom stereocenters.